The molecule has 0 aliphatic carbocycles. The fraction of sp³-hybridized carbons (Fsp3) is 0.625. The third-order valence-corrected chi connectivity index (χ3v) is 3.05. The normalized spacial score (nSPS) is 11.0. The van der Waals surface area contributed by atoms with Crippen molar-refractivity contribution >= 4 is 5.69 Å². The van der Waals surface area contributed by atoms with Gasteiger partial charge in [0.05, 0.1) is 6.61 Å². The molecule has 108 valence electrons. The quantitative estimate of drug-likeness (QED) is 0.720. The second-order valence-electron chi connectivity index (χ2n) is 5.40. The van der Waals surface area contributed by atoms with Crippen LogP contribution >= 0.6 is 0 Å². The van der Waals surface area contributed by atoms with Crippen molar-refractivity contribution < 1.29 is 5.11 Å². The van der Waals surface area contributed by atoms with Crippen molar-refractivity contribution in [2.75, 3.05) is 31.1 Å². The van der Waals surface area contributed by atoms with E-state index in [-0.39, 0.29) is 6.61 Å². The molecule has 0 bridgehead atoms. The number of rotatable bonds is 9. The Balaban J connectivity index is 2.53. The van der Waals surface area contributed by atoms with Crippen LogP contribution in [0.25, 0.3) is 0 Å². The standard InChI is InChI=1S/C16H28N2O/c1-4-9-18(10-11-19)16-7-5-15(6-8-16)13-17-12-14(2)3/h5-8,14,17,19H,4,9-13H2,1-3H3. The fourth-order valence-electron chi connectivity index (χ4n) is 2.09. The molecule has 0 saturated carbocycles. The van der Waals surface area contributed by atoms with Gasteiger partial charge in [-0.3, -0.25) is 0 Å². The predicted octanol–water partition coefficient (Wildman–Crippen LogP) is 2.64. The molecule has 0 fully saturated rings. The van der Waals surface area contributed by atoms with Gasteiger partial charge in [0.2, 0.25) is 0 Å². The summed E-state index contributed by atoms with van der Waals surface area (Å²) >= 11 is 0. The first-order valence-electron chi connectivity index (χ1n) is 7.32. The van der Waals surface area contributed by atoms with E-state index in [0.717, 1.165) is 26.1 Å². The summed E-state index contributed by atoms with van der Waals surface area (Å²) in [5, 5.41) is 12.5. The Labute approximate surface area is 117 Å². The van der Waals surface area contributed by atoms with Crippen LogP contribution in [0.5, 0.6) is 0 Å². The van der Waals surface area contributed by atoms with Crippen molar-refractivity contribution in [2.45, 2.75) is 33.7 Å². The van der Waals surface area contributed by atoms with Gasteiger partial charge in [-0.1, -0.05) is 32.9 Å². The Morgan fingerprint density at radius 2 is 1.84 bits per heavy atom. The van der Waals surface area contributed by atoms with E-state index < -0.39 is 0 Å². The van der Waals surface area contributed by atoms with Gasteiger partial charge in [0.15, 0.2) is 0 Å². The average Bonchev–Trinajstić information content (AvgIpc) is 2.39. The number of hydrogen-bond donors (Lipinski definition) is 2. The van der Waals surface area contributed by atoms with Crippen molar-refractivity contribution in [3.05, 3.63) is 29.8 Å². The SMILES string of the molecule is CCCN(CCO)c1ccc(CNCC(C)C)cc1. The Morgan fingerprint density at radius 1 is 1.16 bits per heavy atom. The number of nitrogens with one attached hydrogen (secondary N) is 1. The van der Waals surface area contributed by atoms with E-state index in [2.05, 4.69) is 55.3 Å². The van der Waals surface area contributed by atoms with Crippen LogP contribution in [0, 0.1) is 5.92 Å². The highest BCUT2D eigenvalue weighted by Gasteiger charge is 2.04. The van der Waals surface area contributed by atoms with Gasteiger partial charge >= 0.3 is 0 Å². The Kier molecular flexibility index (Phi) is 7.53. The zero-order valence-corrected chi connectivity index (χ0v) is 12.5. The van der Waals surface area contributed by atoms with Crippen molar-refractivity contribution in [1.82, 2.24) is 5.32 Å². The molecule has 0 amide bonds. The van der Waals surface area contributed by atoms with Crippen LogP contribution in [0.1, 0.15) is 32.8 Å². The number of hydrogen-bond acceptors (Lipinski definition) is 3. The zero-order valence-electron chi connectivity index (χ0n) is 12.5. The number of benzene rings is 1. The van der Waals surface area contributed by atoms with E-state index in [0.29, 0.717) is 12.5 Å². The summed E-state index contributed by atoms with van der Waals surface area (Å²) in [5.74, 6) is 0.684. The molecule has 1 aromatic carbocycles. The second kappa shape index (κ2) is 8.94. The van der Waals surface area contributed by atoms with Gasteiger partial charge in [-0.15, -0.1) is 0 Å². The lowest BCUT2D eigenvalue weighted by Crippen LogP contribution is -2.27. The molecular weight excluding hydrogens is 236 g/mol. The molecule has 19 heavy (non-hydrogen) atoms. The second-order valence-corrected chi connectivity index (χ2v) is 5.40. The predicted molar refractivity (Wildman–Crippen MR) is 82.6 cm³/mol. The molecular formula is C16H28N2O. The summed E-state index contributed by atoms with van der Waals surface area (Å²) < 4.78 is 0. The maximum absolute atomic E-state index is 9.10. The van der Waals surface area contributed by atoms with Gasteiger partial charge in [-0.25, -0.2) is 0 Å². The molecule has 0 aliphatic rings. The van der Waals surface area contributed by atoms with Gasteiger partial charge in [-0.2, -0.15) is 0 Å². The van der Waals surface area contributed by atoms with E-state index in [1.165, 1.54) is 11.3 Å². The summed E-state index contributed by atoms with van der Waals surface area (Å²) in [5.41, 5.74) is 2.51. The summed E-state index contributed by atoms with van der Waals surface area (Å²) in [6, 6.07) is 8.64. The minimum absolute atomic E-state index is 0.206. The Bertz CT molecular complexity index is 329. The third-order valence-electron chi connectivity index (χ3n) is 3.05. The van der Waals surface area contributed by atoms with Crippen LogP contribution in [-0.2, 0) is 6.54 Å². The minimum atomic E-state index is 0.206. The molecule has 0 aromatic heterocycles. The van der Waals surface area contributed by atoms with E-state index in [9.17, 15) is 0 Å². The molecule has 1 rings (SSSR count). The minimum Gasteiger partial charge on any atom is -0.395 e. The molecule has 0 unspecified atom stereocenters. The van der Waals surface area contributed by atoms with Gasteiger partial charge in [0, 0.05) is 25.3 Å². The van der Waals surface area contributed by atoms with Gasteiger partial charge in [0.25, 0.3) is 0 Å². The first-order chi connectivity index (χ1) is 9.17. The molecule has 0 radical (unpaired) electrons. The summed E-state index contributed by atoms with van der Waals surface area (Å²) in [6.45, 7) is 10.5. The van der Waals surface area contributed by atoms with Crippen molar-refractivity contribution in [3.63, 3.8) is 0 Å². The highest BCUT2D eigenvalue weighted by molar-refractivity contribution is 5.47. The molecule has 0 heterocycles. The van der Waals surface area contributed by atoms with Crippen LogP contribution in [0.4, 0.5) is 5.69 Å². The first-order valence-corrected chi connectivity index (χ1v) is 7.32. The monoisotopic (exact) mass is 264 g/mol. The van der Waals surface area contributed by atoms with Gasteiger partial charge < -0.3 is 15.3 Å². The molecule has 0 aliphatic heterocycles. The zero-order chi connectivity index (χ0) is 14.1. The maximum atomic E-state index is 9.10. The lowest BCUT2D eigenvalue weighted by Gasteiger charge is -2.23. The number of nitrogens with zero attached hydrogens (tertiary/aromatic N) is 1. The Hall–Kier alpha value is -1.06. The van der Waals surface area contributed by atoms with Crippen LogP contribution in [-0.4, -0.2) is 31.3 Å². The van der Waals surface area contributed by atoms with E-state index >= 15 is 0 Å². The molecule has 0 saturated heterocycles. The number of aliphatic hydroxyl groups excluding tert-OH is 1. The largest absolute Gasteiger partial charge is 0.395 e. The molecule has 1 aromatic rings. The van der Waals surface area contributed by atoms with Crippen LogP contribution < -0.4 is 10.2 Å². The summed E-state index contributed by atoms with van der Waals surface area (Å²) in [7, 11) is 0. The van der Waals surface area contributed by atoms with E-state index in [4.69, 9.17) is 5.11 Å². The lowest BCUT2D eigenvalue weighted by molar-refractivity contribution is 0.302. The topological polar surface area (TPSA) is 35.5 Å². The number of aliphatic hydroxyl groups is 1. The van der Waals surface area contributed by atoms with Crippen molar-refractivity contribution in [1.29, 1.82) is 0 Å². The fourth-order valence-corrected chi connectivity index (χ4v) is 2.09. The highest BCUT2D eigenvalue weighted by atomic mass is 16.3. The molecule has 2 N–H and O–H groups in total. The molecule has 3 heteroatoms. The van der Waals surface area contributed by atoms with Crippen molar-refractivity contribution in [2.24, 2.45) is 5.92 Å². The smallest absolute Gasteiger partial charge is 0.0606 e. The lowest BCUT2D eigenvalue weighted by atomic mass is 10.1. The Morgan fingerprint density at radius 3 is 2.37 bits per heavy atom. The maximum Gasteiger partial charge on any atom is 0.0606 e. The summed E-state index contributed by atoms with van der Waals surface area (Å²) in [6.07, 6.45) is 1.09. The van der Waals surface area contributed by atoms with Crippen molar-refractivity contribution in [3.8, 4) is 0 Å². The average molecular weight is 264 g/mol. The summed E-state index contributed by atoms with van der Waals surface area (Å²) in [4.78, 5) is 2.23. The molecule has 3 nitrogen and oxygen atoms in total. The van der Waals surface area contributed by atoms with Crippen LogP contribution in [0.2, 0.25) is 0 Å². The third kappa shape index (κ3) is 6.08. The highest BCUT2D eigenvalue weighted by Crippen LogP contribution is 2.15. The van der Waals surface area contributed by atoms with Gasteiger partial charge in [0.1, 0.15) is 0 Å². The number of anilines is 1. The molecule has 0 atom stereocenters. The van der Waals surface area contributed by atoms with Gasteiger partial charge in [-0.05, 0) is 36.6 Å². The van der Waals surface area contributed by atoms with Crippen LogP contribution in [0.3, 0.4) is 0 Å². The molecule has 0 spiro atoms. The van der Waals surface area contributed by atoms with Crippen LogP contribution in [0.15, 0.2) is 24.3 Å². The van der Waals surface area contributed by atoms with E-state index in [1.807, 2.05) is 0 Å². The first kappa shape index (κ1) is 16.0. The van der Waals surface area contributed by atoms with E-state index in [1.54, 1.807) is 0 Å².